The number of carbonyl (C=O) groups excluding carboxylic acids is 3. The number of rotatable bonds is 4. The van der Waals surface area contributed by atoms with Gasteiger partial charge < -0.3 is 20.1 Å². The summed E-state index contributed by atoms with van der Waals surface area (Å²) in [6.07, 6.45) is 4.29. The van der Waals surface area contributed by atoms with Gasteiger partial charge in [0.05, 0.1) is 0 Å². The first-order valence-corrected chi connectivity index (χ1v) is 8.46. The Bertz CT molecular complexity index is 742. The quantitative estimate of drug-likeness (QED) is 0.720. The molecule has 1 aromatic rings. The molecule has 1 spiro atoms. The normalized spacial score (nSPS) is 22.8. The van der Waals surface area contributed by atoms with E-state index >= 15 is 0 Å². The summed E-state index contributed by atoms with van der Waals surface area (Å²) in [5.41, 5.74) is 0.613. The lowest BCUT2D eigenvalue weighted by molar-refractivity contribution is -0.120. The average molecular weight is 345 g/mol. The maximum absolute atomic E-state index is 12.1. The zero-order valence-corrected chi connectivity index (χ0v) is 13.6. The molecule has 8 nitrogen and oxygen atoms in total. The van der Waals surface area contributed by atoms with E-state index in [-0.39, 0.29) is 18.7 Å². The Morgan fingerprint density at radius 3 is 2.68 bits per heavy atom. The van der Waals surface area contributed by atoms with E-state index in [1.165, 1.54) is 0 Å². The molecular weight excluding hydrogens is 326 g/mol. The van der Waals surface area contributed by atoms with Crippen LogP contribution in [0.3, 0.4) is 0 Å². The summed E-state index contributed by atoms with van der Waals surface area (Å²) in [7, 11) is 0. The van der Waals surface area contributed by atoms with Crippen LogP contribution in [0.15, 0.2) is 18.2 Å². The molecule has 8 heteroatoms. The minimum Gasteiger partial charge on any atom is -0.448 e. The van der Waals surface area contributed by atoms with E-state index in [4.69, 9.17) is 9.47 Å². The SMILES string of the molecule is O=C(CC[C@H]1NC(=O)NC1=O)Nc1ccc2c(c1)OC1(CCCC1)O2. The smallest absolute Gasteiger partial charge is 0.322 e. The van der Waals surface area contributed by atoms with Crippen molar-refractivity contribution in [1.29, 1.82) is 0 Å². The van der Waals surface area contributed by atoms with Crippen molar-refractivity contribution in [1.82, 2.24) is 10.6 Å². The van der Waals surface area contributed by atoms with Crippen molar-refractivity contribution in [3.8, 4) is 11.5 Å². The maximum atomic E-state index is 12.1. The minimum atomic E-state index is -0.655. The number of carbonyl (C=O) groups is 3. The van der Waals surface area contributed by atoms with Crippen LogP contribution in [-0.2, 0) is 9.59 Å². The van der Waals surface area contributed by atoms with Gasteiger partial charge in [0.25, 0.3) is 11.7 Å². The van der Waals surface area contributed by atoms with E-state index in [0.29, 0.717) is 17.2 Å². The molecule has 3 aliphatic rings. The van der Waals surface area contributed by atoms with E-state index in [1.54, 1.807) is 18.2 Å². The molecule has 25 heavy (non-hydrogen) atoms. The molecule has 4 amide bonds. The van der Waals surface area contributed by atoms with Gasteiger partial charge in [-0.05, 0) is 31.4 Å². The fraction of sp³-hybridized carbons (Fsp3) is 0.471. The van der Waals surface area contributed by atoms with Crippen molar-refractivity contribution >= 4 is 23.5 Å². The monoisotopic (exact) mass is 345 g/mol. The second-order valence-electron chi connectivity index (χ2n) is 6.59. The number of benzene rings is 1. The number of nitrogens with one attached hydrogen (secondary N) is 3. The molecule has 3 N–H and O–H groups in total. The number of ether oxygens (including phenoxy) is 2. The molecule has 1 aromatic carbocycles. The Balaban J connectivity index is 1.34. The fourth-order valence-electron chi connectivity index (χ4n) is 3.45. The summed E-state index contributed by atoms with van der Waals surface area (Å²) in [5.74, 6) is 0.178. The van der Waals surface area contributed by atoms with Crippen LogP contribution in [0.2, 0.25) is 0 Å². The Kier molecular flexibility index (Phi) is 3.74. The largest absolute Gasteiger partial charge is 0.448 e. The third-order valence-electron chi connectivity index (χ3n) is 4.70. The lowest BCUT2D eigenvalue weighted by Gasteiger charge is -2.21. The van der Waals surface area contributed by atoms with Crippen LogP contribution in [0.5, 0.6) is 11.5 Å². The molecule has 1 atom stereocenters. The molecule has 1 aliphatic carbocycles. The number of imide groups is 1. The number of hydrogen-bond acceptors (Lipinski definition) is 5. The highest BCUT2D eigenvalue weighted by molar-refractivity contribution is 6.04. The van der Waals surface area contributed by atoms with E-state index in [1.807, 2.05) is 0 Å². The van der Waals surface area contributed by atoms with E-state index in [0.717, 1.165) is 25.7 Å². The predicted molar refractivity (Wildman–Crippen MR) is 87.2 cm³/mol. The predicted octanol–water partition coefficient (Wildman–Crippen LogP) is 1.65. The summed E-state index contributed by atoms with van der Waals surface area (Å²) < 4.78 is 11.9. The summed E-state index contributed by atoms with van der Waals surface area (Å²) in [5, 5.41) is 7.39. The van der Waals surface area contributed by atoms with Gasteiger partial charge in [-0.1, -0.05) is 0 Å². The van der Waals surface area contributed by atoms with Crippen LogP contribution in [0, 0.1) is 0 Å². The molecule has 0 unspecified atom stereocenters. The summed E-state index contributed by atoms with van der Waals surface area (Å²) in [6, 6.07) is 4.13. The minimum absolute atomic E-state index is 0.122. The highest BCUT2D eigenvalue weighted by atomic mass is 16.7. The first kappa shape index (κ1) is 15.7. The van der Waals surface area contributed by atoms with Gasteiger partial charge in [-0.25, -0.2) is 4.79 Å². The van der Waals surface area contributed by atoms with Crippen LogP contribution in [-0.4, -0.2) is 29.7 Å². The first-order valence-electron chi connectivity index (χ1n) is 8.46. The van der Waals surface area contributed by atoms with Crippen LogP contribution < -0.4 is 25.4 Å². The highest BCUT2D eigenvalue weighted by Gasteiger charge is 2.44. The van der Waals surface area contributed by atoms with Crippen molar-refractivity contribution < 1.29 is 23.9 Å². The molecule has 2 fully saturated rings. The standard InChI is InChI=1S/C17H19N3O5/c21-14(6-4-11-15(22)20-16(23)19-11)18-10-3-5-12-13(9-10)25-17(24-12)7-1-2-8-17/h3,5,9,11H,1-2,4,6-8H2,(H,18,21)(H2,19,20,22,23)/t11-/m1/s1. The topological polar surface area (TPSA) is 106 Å². The Hall–Kier alpha value is -2.77. The molecule has 0 bridgehead atoms. The lowest BCUT2D eigenvalue weighted by atomic mass is 10.1. The van der Waals surface area contributed by atoms with Crippen molar-refractivity contribution in [2.24, 2.45) is 0 Å². The van der Waals surface area contributed by atoms with E-state index in [9.17, 15) is 14.4 Å². The average Bonchev–Trinajstić information content (AvgIpc) is 3.24. The van der Waals surface area contributed by atoms with Gasteiger partial charge in [0.15, 0.2) is 11.5 Å². The van der Waals surface area contributed by atoms with Gasteiger partial charge in [-0.15, -0.1) is 0 Å². The number of urea groups is 1. The second-order valence-corrected chi connectivity index (χ2v) is 6.59. The summed E-state index contributed by atoms with van der Waals surface area (Å²) in [6.45, 7) is 0. The maximum Gasteiger partial charge on any atom is 0.322 e. The first-order chi connectivity index (χ1) is 12.0. The van der Waals surface area contributed by atoms with Crippen LogP contribution in [0.25, 0.3) is 0 Å². The molecule has 132 valence electrons. The van der Waals surface area contributed by atoms with Crippen LogP contribution >= 0.6 is 0 Å². The Labute approximate surface area is 144 Å². The molecule has 4 rings (SSSR count). The van der Waals surface area contributed by atoms with Gasteiger partial charge in [0.2, 0.25) is 5.91 Å². The van der Waals surface area contributed by atoms with Gasteiger partial charge in [-0.2, -0.15) is 0 Å². The number of hydrogen-bond donors (Lipinski definition) is 3. The van der Waals surface area contributed by atoms with Crippen LogP contribution in [0.4, 0.5) is 10.5 Å². The Morgan fingerprint density at radius 2 is 1.96 bits per heavy atom. The molecule has 0 aromatic heterocycles. The third-order valence-corrected chi connectivity index (χ3v) is 4.70. The molecule has 1 saturated carbocycles. The van der Waals surface area contributed by atoms with Crippen molar-refractivity contribution in [2.45, 2.75) is 50.4 Å². The lowest BCUT2D eigenvalue weighted by Crippen LogP contribution is -2.34. The highest BCUT2D eigenvalue weighted by Crippen LogP contribution is 2.47. The number of fused-ring (bicyclic) bond motifs is 1. The van der Waals surface area contributed by atoms with Gasteiger partial charge in [-0.3, -0.25) is 14.9 Å². The molecule has 2 heterocycles. The van der Waals surface area contributed by atoms with Gasteiger partial charge in [0.1, 0.15) is 6.04 Å². The summed E-state index contributed by atoms with van der Waals surface area (Å²) >= 11 is 0. The fourth-order valence-corrected chi connectivity index (χ4v) is 3.45. The summed E-state index contributed by atoms with van der Waals surface area (Å²) in [4.78, 5) is 34.6. The van der Waals surface area contributed by atoms with Crippen LogP contribution in [0.1, 0.15) is 38.5 Å². The van der Waals surface area contributed by atoms with Crippen molar-refractivity contribution in [3.63, 3.8) is 0 Å². The molecule has 2 aliphatic heterocycles. The zero-order chi connectivity index (χ0) is 17.4. The molecular formula is C17H19N3O5. The Morgan fingerprint density at radius 1 is 1.20 bits per heavy atom. The zero-order valence-electron chi connectivity index (χ0n) is 13.6. The van der Waals surface area contributed by atoms with E-state index in [2.05, 4.69) is 16.0 Å². The number of amides is 4. The van der Waals surface area contributed by atoms with Gasteiger partial charge in [0, 0.05) is 31.0 Å². The number of anilines is 1. The molecule has 0 radical (unpaired) electrons. The van der Waals surface area contributed by atoms with E-state index < -0.39 is 23.8 Å². The van der Waals surface area contributed by atoms with Crippen molar-refractivity contribution in [2.75, 3.05) is 5.32 Å². The van der Waals surface area contributed by atoms with Crippen molar-refractivity contribution in [3.05, 3.63) is 18.2 Å². The second kappa shape index (κ2) is 5.94. The third kappa shape index (κ3) is 3.11. The molecule has 1 saturated heterocycles. The van der Waals surface area contributed by atoms with Gasteiger partial charge >= 0.3 is 6.03 Å².